The van der Waals surface area contributed by atoms with Crippen LogP contribution in [0.2, 0.25) is 0 Å². The summed E-state index contributed by atoms with van der Waals surface area (Å²) in [7, 11) is 4.37. The van der Waals surface area contributed by atoms with Gasteiger partial charge in [0, 0.05) is 43.2 Å². The number of rotatable bonds is 7. The number of amides is 2. The van der Waals surface area contributed by atoms with Crippen molar-refractivity contribution in [2.24, 2.45) is 17.6 Å². The van der Waals surface area contributed by atoms with E-state index >= 15 is 0 Å². The van der Waals surface area contributed by atoms with Crippen LogP contribution in [0, 0.1) is 11.8 Å². The van der Waals surface area contributed by atoms with E-state index in [9.17, 15) is 14.7 Å². The number of piperidine rings is 1. The van der Waals surface area contributed by atoms with E-state index in [1.165, 1.54) is 18.4 Å². The second-order valence-electron chi connectivity index (χ2n) is 11.9. The fourth-order valence-corrected chi connectivity index (χ4v) is 7.00. The minimum absolute atomic E-state index is 0.00325. The van der Waals surface area contributed by atoms with E-state index in [0.29, 0.717) is 31.8 Å². The number of carbonyl (C=O) groups is 2. The van der Waals surface area contributed by atoms with Crippen molar-refractivity contribution in [1.29, 1.82) is 0 Å². The quantitative estimate of drug-likeness (QED) is 0.597. The zero-order valence-corrected chi connectivity index (χ0v) is 21.9. The van der Waals surface area contributed by atoms with Crippen molar-refractivity contribution in [3.63, 3.8) is 0 Å². The summed E-state index contributed by atoms with van der Waals surface area (Å²) in [6, 6.07) is 10.8. The van der Waals surface area contributed by atoms with E-state index in [1.807, 2.05) is 9.80 Å². The molecule has 2 amide bonds. The van der Waals surface area contributed by atoms with E-state index < -0.39 is 6.35 Å². The average molecular weight is 498 g/mol. The highest BCUT2D eigenvalue weighted by molar-refractivity contribution is 5.80. The molecule has 8 nitrogen and oxygen atoms in total. The van der Waals surface area contributed by atoms with Crippen molar-refractivity contribution in [2.75, 3.05) is 46.8 Å². The Morgan fingerprint density at radius 1 is 1.03 bits per heavy atom. The Kier molecular flexibility index (Phi) is 7.15. The number of hydrogen-bond donors (Lipinski definition) is 2. The zero-order valence-electron chi connectivity index (χ0n) is 21.9. The Hall–Kier alpha value is -2.00. The molecule has 1 aromatic rings. The topological polar surface area (TPSA) is 93.3 Å². The molecule has 2 saturated carbocycles. The molecule has 198 valence electrons. The van der Waals surface area contributed by atoms with Gasteiger partial charge in [0.05, 0.1) is 6.54 Å². The molecule has 4 aliphatic rings. The summed E-state index contributed by atoms with van der Waals surface area (Å²) >= 11 is 0. The third-order valence-corrected chi connectivity index (χ3v) is 9.63. The molecule has 1 aromatic carbocycles. The Morgan fingerprint density at radius 2 is 1.67 bits per heavy atom. The average Bonchev–Trinajstić information content (AvgIpc) is 3.68. The number of nitrogens with two attached hydrogens (primary N) is 1. The molecule has 8 heteroatoms. The number of aliphatic hydroxyl groups excluding tert-OH is 1. The van der Waals surface area contributed by atoms with Crippen LogP contribution in [-0.2, 0) is 15.1 Å². The standard InChI is InChI=1S/C28H43N5O3/c1-30(2)28(23-6-4-3-5-7-23)14-12-27(13-15-28)20-32(26(36)33(27)18-21-8-9-21)19-24(34)31-16-10-22(11-17-31)25(29)35/h3-7,21-22,26,36H,8-20H2,1-2H3,(H2,29,35)/t26?,27-,28+. The van der Waals surface area contributed by atoms with Crippen LogP contribution in [0.4, 0.5) is 0 Å². The number of benzene rings is 1. The van der Waals surface area contributed by atoms with E-state index in [-0.39, 0.29) is 35.4 Å². The summed E-state index contributed by atoms with van der Waals surface area (Å²) in [6.45, 7) is 2.99. The lowest BCUT2D eigenvalue weighted by atomic mass is 9.68. The number of nitrogens with zero attached hydrogens (tertiary/aromatic N) is 4. The fourth-order valence-electron chi connectivity index (χ4n) is 7.00. The monoisotopic (exact) mass is 497 g/mol. The largest absolute Gasteiger partial charge is 0.369 e. The van der Waals surface area contributed by atoms with Gasteiger partial charge in [-0.1, -0.05) is 30.3 Å². The molecule has 2 saturated heterocycles. The molecule has 2 heterocycles. The van der Waals surface area contributed by atoms with Gasteiger partial charge in [-0.3, -0.25) is 24.3 Å². The van der Waals surface area contributed by atoms with Gasteiger partial charge in [0.2, 0.25) is 11.8 Å². The number of aliphatic hydroxyl groups is 1. The third-order valence-electron chi connectivity index (χ3n) is 9.63. The van der Waals surface area contributed by atoms with Gasteiger partial charge >= 0.3 is 0 Å². The number of carbonyl (C=O) groups excluding carboxylic acids is 2. The molecular formula is C28H43N5O3. The molecule has 2 aliphatic heterocycles. The Labute approximate surface area is 215 Å². The molecule has 1 unspecified atom stereocenters. The van der Waals surface area contributed by atoms with Crippen LogP contribution in [0.15, 0.2) is 30.3 Å². The van der Waals surface area contributed by atoms with Crippen molar-refractivity contribution in [3.05, 3.63) is 35.9 Å². The Balaban J connectivity index is 1.29. The second kappa shape index (κ2) is 10.0. The van der Waals surface area contributed by atoms with Gasteiger partial charge < -0.3 is 15.7 Å². The normalized spacial score (nSPS) is 32.4. The predicted molar refractivity (Wildman–Crippen MR) is 139 cm³/mol. The van der Waals surface area contributed by atoms with E-state index in [4.69, 9.17) is 5.73 Å². The molecular weight excluding hydrogens is 454 g/mol. The van der Waals surface area contributed by atoms with Crippen LogP contribution in [-0.4, -0.2) is 95.2 Å². The highest BCUT2D eigenvalue weighted by atomic mass is 16.3. The SMILES string of the molecule is CN(C)[C@]1(c2ccccc2)CC[C@]2(CC1)CN(CC(=O)N1CCC(C(N)=O)CC1)C(O)N2CC1CC1. The molecule has 0 radical (unpaired) electrons. The van der Waals surface area contributed by atoms with Crippen LogP contribution in [0.3, 0.4) is 0 Å². The van der Waals surface area contributed by atoms with Crippen LogP contribution in [0.25, 0.3) is 0 Å². The minimum Gasteiger partial charge on any atom is -0.369 e. The van der Waals surface area contributed by atoms with Crippen LogP contribution < -0.4 is 5.73 Å². The summed E-state index contributed by atoms with van der Waals surface area (Å²) in [5.41, 5.74) is 6.72. The van der Waals surface area contributed by atoms with Crippen molar-refractivity contribution in [1.82, 2.24) is 19.6 Å². The summed E-state index contributed by atoms with van der Waals surface area (Å²) in [5.74, 6) is 0.307. The van der Waals surface area contributed by atoms with E-state index in [1.54, 1.807) is 0 Å². The number of hydrogen-bond acceptors (Lipinski definition) is 6. The first kappa shape index (κ1) is 25.6. The molecule has 0 bridgehead atoms. The van der Waals surface area contributed by atoms with E-state index in [0.717, 1.165) is 38.8 Å². The van der Waals surface area contributed by atoms with Gasteiger partial charge in [-0.2, -0.15) is 0 Å². The smallest absolute Gasteiger partial charge is 0.236 e. The lowest BCUT2D eigenvalue weighted by molar-refractivity contribution is -0.141. The predicted octanol–water partition coefficient (Wildman–Crippen LogP) is 1.78. The molecule has 1 atom stereocenters. The van der Waals surface area contributed by atoms with Crippen LogP contribution >= 0.6 is 0 Å². The maximum atomic E-state index is 13.2. The van der Waals surface area contributed by atoms with Gasteiger partial charge in [0.1, 0.15) is 0 Å². The van der Waals surface area contributed by atoms with Gasteiger partial charge in [-0.05, 0) is 76.9 Å². The van der Waals surface area contributed by atoms with Crippen molar-refractivity contribution < 1.29 is 14.7 Å². The maximum absolute atomic E-state index is 13.2. The van der Waals surface area contributed by atoms with Gasteiger partial charge in [-0.15, -0.1) is 0 Å². The Bertz CT molecular complexity index is 934. The molecule has 2 aliphatic carbocycles. The molecule has 36 heavy (non-hydrogen) atoms. The molecule has 1 spiro atoms. The minimum atomic E-state index is -0.721. The van der Waals surface area contributed by atoms with Gasteiger partial charge in [-0.25, -0.2) is 0 Å². The van der Waals surface area contributed by atoms with Crippen LogP contribution in [0.5, 0.6) is 0 Å². The van der Waals surface area contributed by atoms with E-state index in [2.05, 4.69) is 54.2 Å². The summed E-state index contributed by atoms with van der Waals surface area (Å²) in [6.07, 6.45) is 7.07. The maximum Gasteiger partial charge on any atom is 0.236 e. The fraction of sp³-hybridized carbons (Fsp3) is 0.714. The highest BCUT2D eigenvalue weighted by Crippen LogP contribution is 2.50. The van der Waals surface area contributed by atoms with Crippen molar-refractivity contribution in [2.45, 2.75) is 68.8 Å². The summed E-state index contributed by atoms with van der Waals surface area (Å²) < 4.78 is 0. The molecule has 4 fully saturated rings. The first-order chi connectivity index (χ1) is 17.2. The Morgan fingerprint density at radius 3 is 2.22 bits per heavy atom. The lowest BCUT2D eigenvalue weighted by Crippen LogP contribution is -2.56. The lowest BCUT2D eigenvalue weighted by Gasteiger charge is -2.51. The van der Waals surface area contributed by atoms with Gasteiger partial charge in [0.25, 0.3) is 0 Å². The zero-order chi connectivity index (χ0) is 25.5. The first-order valence-corrected chi connectivity index (χ1v) is 13.7. The van der Waals surface area contributed by atoms with Gasteiger partial charge in [0.15, 0.2) is 6.35 Å². The first-order valence-electron chi connectivity index (χ1n) is 13.7. The summed E-state index contributed by atoms with van der Waals surface area (Å²) in [4.78, 5) is 33.3. The molecule has 3 N–H and O–H groups in total. The highest BCUT2D eigenvalue weighted by Gasteiger charge is 2.55. The summed E-state index contributed by atoms with van der Waals surface area (Å²) in [5, 5.41) is 11.5. The second-order valence-corrected chi connectivity index (χ2v) is 11.9. The molecule has 0 aromatic heterocycles. The third kappa shape index (κ3) is 4.80. The van der Waals surface area contributed by atoms with Crippen LogP contribution in [0.1, 0.15) is 56.9 Å². The number of primary amides is 1. The van der Waals surface area contributed by atoms with Crippen molar-refractivity contribution >= 4 is 11.8 Å². The number of likely N-dealkylation sites (tertiary alicyclic amines) is 1. The molecule has 5 rings (SSSR count). The van der Waals surface area contributed by atoms with Crippen molar-refractivity contribution in [3.8, 4) is 0 Å².